The van der Waals surface area contributed by atoms with E-state index < -0.39 is 12.8 Å². The lowest BCUT2D eigenvalue weighted by molar-refractivity contribution is 0.0509. The second kappa shape index (κ2) is 20.8. The minimum absolute atomic E-state index is 0.689. The van der Waals surface area contributed by atoms with Gasteiger partial charge in [0.1, 0.15) is 12.8 Å². The SMILES string of the molecule is C=C(/C=C\C(=C/C)CCCCC)C1CCC2CC(COC/C=C\COCC)CCC2C1.CC(F)CF. The molecule has 0 spiro atoms. The van der Waals surface area contributed by atoms with Crippen molar-refractivity contribution in [2.75, 3.05) is 33.1 Å². The molecule has 36 heavy (non-hydrogen) atoms. The zero-order chi connectivity index (χ0) is 26.6. The summed E-state index contributed by atoms with van der Waals surface area (Å²) in [6, 6.07) is 0. The van der Waals surface area contributed by atoms with Crippen LogP contribution >= 0.6 is 0 Å². The fourth-order valence-electron chi connectivity index (χ4n) is 5.35. The molecule has 2 nitrogen and oxygen atoms in total. The highest BCUT2D eigenvalue weighted by molar-refractivity contribution is 5.27. The number of hydrogen-bond acceptors (Lipinski definition) is 2. The summed E-state index contributed by atoms with van der Waals surface area (Å²) in [6.45, 7) is 14.4. The molecule has 0 aromatic carbocycles. The topological polar surface area (TPSA) is 18.5 Å². The summed E-state index contributed by atoms with van der Waals surface area (Å²) in [5.41, 5.74) is 2.83. The van der Waals surface area contributed by atoms with Crippen molar-refractivity contribution < 1.29 is 18.3 Å². The van der Waals surface area contributed by atoms with E-state index in [1.165, 1.54) is 82.3 Å². The molecule has 0 aromatic rings. The Bertz CT molecular complexity index is 653. The zero-order valence-corrected chi connectivity index (χ0v) is 23.7. The quantitative estimate of drug-likeness (QED) is 0.125. The summed E-state index contributed by atoms with van der Waals surface area (Å²) >= 11 is 0. The number of ether oxygens (including phenoxy) is 2. The lowest BCUT2D eigenvalue weighted by Gasteiger charge is -2.42. The van der Waals surface area contributed by atoms with Gasteiger partial charge in [-0.15, -0.1) is 0 Å². The van der Waals surface area contributed by atoms with Crippen molar-refractivity contribution >= 4 is 0 Å². The van der Waals surface area contributed by atoms with Gasteiger partial charge in [0.2, 0.25) is 0 Å². The van der Waals surface area contributed by atoms with Crippen LogP contribution in [-0.2, 0) is 9.47 Å². The minimum atomic E-state index is -1.28. The number of fused-ring (bicyclic) bond motifs is 1. The Morgan fingerprint density at radius 3 is 2.28 bits per heavy atom. The Hall–Kier alpha value is -1.26. The average molecular weight is 509 g/mol. The maximum atomic E-state index is 11.1. The molecule has 0 aliphatic heterocycles. The van der Waals surface area contributed by atoms with Crippen LogP contribution in [0.1, 0.15) is 91.9 Å². The van der Waals surface area contributed by atoms with Gasteiger partial charge in [0.25, 0.3) is 0 Å². The largest absolute Gasteiger partial charge is 0.378 e. The van der Waals surface area contributed by atoms with Gasteiger partial charge in [-0.05, 0) is 95.8 Å². The van der Waals surface area contributed by atoms with E-state index in [0.29, 0.717) is 12.5 Å². The predicted molar refractivity (Wildman–Crippen MR) is 151 cm³/mol. The lowest BCUT2D eigenvalue weighted by atomic mass is 9.64. The number of alkyl halides is 2. The van der Waals surface area contributed by atoms with Gasteiger partial charge in [0.05, 0.1) is 13.2 Å². The number of rotatable bonds is 15. The molecular weight excluding hydrogens is 454 g/mol. The molecule has 2 saturated carbocycles. The molecule has 4 heteroatoms. The number of halogens is 2. The van der Waals surface area contributed by atoms with Gasteiger partial charge >= 0.3 is 0 Å². The van der Waals surface area contributed by atoms with Gasteiger partial charge in [-0.1, -0.05) is 67.9 Å². The van der Waals surface area contributed by atoms with Crippen molar-refractivity contribution in [2.24, 2.45) is 23.7 Å². The van der Waals surface area contributed by atoms with E-state index in [-0.39, 0.29) is 0 Å². The van der Waals surface area contributed by atoms with Crippen LogP contribution in [0.3, 0.4) is 0 Å². The first-order chi connectivity index (χ1) is 17.4. The molecule has 0 N–H and O–H groups in total. The Morgan fingerprint density at radius 1 is 0.972 bits per heavy atom. The maximum absolute atomic E-state index is 11.1. The second-order valence-electron chi connectivity index (χ2n) is 10.5. The lowest BCUT2D eigenvalue weighted by Crippen LogP contribution is -2.32. The van der Waals surface area contributed by atoms with Gasteiger partial charge in [-0.25, -0.2) is 8.78 Å². The van der Waals surface area contributed by atoms with Crippen molar-refractivity contribution in [1.82, 2.24) is 0 Å². The Balaban J connectivity index is 0.00000118. The first kappa shape index (κ1) is 32.8. The highest BCUT2D eigenvalue weighted by Crippen LogP contribution is 2.46. The molecule has 0 heterocycles. The van der Waals surface area contributed by atoms with Crippen LogP contribution in [0.4, 0.5) is 8.78 Å². The Kier molecular flexibility index (Phi) is 18.9. The summed E-state index contributed by atoms with van der Waals surface area (Å²) < 4.78 is 33.0. The van der Waals surface area contributed by atoms with E-state index in [1.807, 2.05) is 6.92 Å². The van der Waals surface area contributed by atoms with E-state index in [1.54, 1.807) is 0 Å². The van der Waals surface area contributed by atoms with Gasteiger partial charge in [-0.2, -0.15) is 0 Å². The van der Waals surface area contributed by atoms with Gasteiger partial charge in [0.15, 0.2) is 0 Å². The van der Waals surface area contributed by atoms with Crippen LogP contribution in [0.2, 0.25) is 0 Å². The molecule has 0 saturated heterocycles. The van der Waals surface area contributed by atoms with Crippen LogP contribution in [0.25, 0.3) is 0 Å². The normalized spacial score (nSPS) is 25.4. The van der Waals surface area contributed by atoms with E-state index in [2.05, 4.69) is 50.8 Å². The predicted octanol–water partition coefficient (Wildman–Crippen LogP) is 9.38. The smallest absolute Gasteiger partial charge is 0.126 e. The van der Waals surface area contributed by atoms with Gasteiger partial charge in [-0.3, -0.25) is 0 Å². The third-order valence-electron chi connectivity index (χ3n) is 7.56. The Labute approximate surface area is 221 Å². The van der Waals surface area contributed by atoms with Gasteiger partial charge < -0.3 is 9.47 Å². The molecule has 208 valence electrons. The van der Waals surface area contributed by atoms with E-state index in [9.17, 15) is 8.78 Å². The van der Waals surface area contributed by atoms with Crippen molar-refractivity contribution in [1.29, 1.82) is 0 Å². The van der Waals surface area contributed by atoms with Crippen molar-refractivity contribution in [3.63, 3.8) is 0 Å². The molecule has 0 aromatic heterocycles. The molecule has 2 fully saturated rings. The summed E-state index contributed by atoms with van der Waals surface area (Å²) in [4.78, 5) is 0. The average Bonchev–Trinajstić information content (AvgIpc) is 2.89. The third-order valence-corrected chi connectivity index (χ3v) is 7.56. The third kappa shape index (κ3) is 14.5. The zero-order valence-electron chi connectivity index (χ0n) is 23.7. The standard InChI is InChI=1S/C29H48O2.C3H6F2/c1-5-8-9-12-25(6-2)14-13-24(4)27-17-18-28-21-26(15-16-29(28)22-27)23-31-20-11-10-19-30-7-3;1-3(5)2-4/h6,10-11,13-14,26-29H,4-5,7-9,12,15-23H2,1-3H3;3H,2H2,1H3/b11-10-,14-13-,25-6-;. The number of hydrogen-bond donors (Lipinski definition) is 0. The Morgan fingerprint density at radius 2 is 1.64 bits per heavy atom. The molecular formula is C32H54F2O2. The molecule has 5 atom stereocenters. The molecule has 5 unspecified atom stereocenters. The second-order valence-corrected chi connectivity index (χ2v) is 10.5. The summed E-state index contributed by atoms with van der Waals surface area (Å²) in [5.74, 6) is 3.25. The van der Waals surface area contributed by atoms with E-state index in [4.69, 9.17) is 9.47 Å². The van der Waals surface area contributed by atoms with Crippen LogP contribution in [0.5, 0.6) is 0 Å². The molecule has 0 radical (unpaired) electrons. The van der Waals surface area contributed by atoms with Crippen LogP contribution in [-0.4, -0.2) is 39.3 Å². The van der Waals surface area contributed by atoms with Gasteiger partial charge in [0, 0.05) is 13.2 Å². The molecule has 0 bridgehead atoms. The summed E-state index contributed by atoms with van der Waals surface area (Å²) in [6.07, 6.45) is 23.0. The fraction of sp³-hybridized carbons (Fsp3) is 0.750. The highest BCUT2D eigenvalue weighted by atomic mass is 19.2. The number of allylic oxidation sites excluding steroid dienone is 5. The first-order valence-corrected chi connectivity index (χ1v) is 14.5. The monoisotopic (exact) mass is 508 g/mol. The maximum Gasteiger partial charge on any atom is 0.126 e. The highest BCUT2D eigenvalue weighted by Gasteiger charge is 2.35. The molecule has 2 rings (SSSR count). The summed E-state index contributed by atoms with van der Waals surface area (Å²) in [5, 5.41) is 0. The molecule has 2 aliphatic rings. The number of unbranched alkanes of at least 4 members (excludes halogenated alkanes) is 2. The van der Waals surface area contributed by atoms with E-state index in [0.717, 1.165) is 37.6 Å². The fourth-order valence-corrected chi connectivity index (χ4v) is 5.35. The molecule has 2 aliphatic carbocycles. The van der Waals surface area contributed by atoms with Crippen LogP contribution in [0, 0.1) is 23.7 Å². The van der Waals surface area contributed by atoms with Crippen molar-refractivity contribution in [3.8, 4) is 0 Å². The summed E-state index contributed by atoms with van der Waals surface area (Å²) in [7, 11) is 0. The molecule has 0 amide bonds. The van der Waals surface area contributed by atoms with Crippen LogP contribution in [0.15, 0.2) is 48.1 Å². The van der Waals surface area contributed by atoms with Crippen LogP contribution < -0.4 is 0 Å². The van der Waals surface area contributed by atoms with Crippen molar-refractivity contribution in [3.05, 3.63) is 48.1 Å². The first-order valence-electron chi connectivity index (χ1n) is 14.5. The van der Waals surface area contributed by atoms with E-state index >= 15 is 0 Å². The minimum Gasteiger partial charge on any atom is -0.378 e. The van der Waals surface area contributed by atoms with Crippen molar-refractivity contribution in [2.45, 2.75) is 98.1 Å².